The molecule has 1 aromatic carbocycles. The molecule has 0 spiro atoms. The van der Waals surface area contributed by atoms with Gasteiger partial charge < -0.3 is 10.2 Å². The maximum atomic E-state index is 13.2. The van der Waals surface area contributed by atoms with Gasteiger partial charge in [0.1, 0.15) is 5.82 Å². The van der Waals surface area contributed by atoms with E-state index in [0.717, 1.165) is 0 Å². The third-order valence-corrected chi connectivity index (χ3v) is 2.83. The van der Waals surface area contributed by atoms with E-state index in [0.29, 0.717) is 25.2 Å². The highest BCUT2D eigenvalue weighted by molar-refractivity contribution is 5.33. The van der Waals surface area contributed by atoms with Crippen molar-refractivity contribution in [3.05, 3.63) is 35.1 Å². The van der Waals surface area contributed by atoms with E-state index in [2.05, 4.69) is 0 Å². The lowest BCUT2D eigenvalue weighted by Crippen LogP contribution is -2.22. The largest absolute Gasteiger partial charge is 0.389 e. The van der Waals surface area contributed by atoms with E-state index in [1.807, 2.05) is 11.0 Å². The molecule has 2 unspecified atom stereocenters. The Balaban J connectivity index is 2.09. The molecule has 0 saturated carbocycles. The van der Waals surface area contributed by atoms with Gasteiger partial charge in [0.25, 0.3) is 0 Å². The van der Waals surface area contributed by atoms with Crippen molar-refractivity contribution in [1.29, 1.82) is 5.26 Å². The van der Waals surface area contributed by atoms with Gasteiger partial charge in [0.15, 0.2) is 0 Å². The summed E-state index contributed by atoms with van der Waals surface area (Å²) < 4.78 is 13.2. The molecule has 0 radical (unpaired) electrons. The van der Waals surface area contributed by atoms with Crippen LogP contribution in [-0.4, -0.2) is 40.4 Å². The van der Waals surface area contributed by atoms with E-state index in [4.69, 9.17) is 5.26 Å². The molecule has 0 aliphatic carbocycles. The second kappa shape index (κ2) is 4.80. The highest BCUT2D eigenvalue weighted by Gasteiger charge is 2.29. The lowest BCUT2D eigenvalue weighted by atomic mass is 10.1. The van der Waals surface area contributed by atoms with Crippen molar-refractivity contribution in [2.24, 2.45) is 0 Å². The van der Waals surface area contributed by atoms with Gasteiger partial charge in [0, 0.05) is 19.6 Å². The molecule has 0 amide bonds. The number of aliphatic hydroxyl groups excluding tert-OH is 2. The average molecular weight is 236 g/mol. The Hall–Kier alpha value is -1.48. The fourth-order valence-electron chi connectivity index (χ4n) is 2.04. The van der Waals surface area contributed by atoms with Crippen LogP contribution in [0.5, 0.6) is 0 Å². The molecule has 17 heavy (non-hydrogen) atoms. The number of nitrogens with zero attached hydrogens (tertiary/aromatic N) is 2. The summed E-state index contributed by atoms with van der Waals surface area (Å²) in [6.07, 6.45) is -1.50. The molecule has 4 nitrogen and oxygen atoms in total. The van der Waals surface area contributed by atoms with Gasteiger partial charge in [-0.2, -0.15) is 5.26 Å². The Kier molecular flexibility index (Phi) is 3.38. The van der Waals surface area contributed by atoms with Crippen LogP contribution in [0.15, 0.2) is 18.2 Å². The van der Waals surface area contributed by atoms with Crippen molar-refractivity contribution < 1.29 is 14.6 Å². The van der Waals surface area contributed by atoms with Crippen LogP contribution in [0, 0.1) is 17.1 Å². The first-order chi connectivity index (χ1) is 8.08. The van der Waals surface area contributed by atoms with Crippen LogP contribution in [0.25, 0.3) is 0 Å². The normalized spacial score (nSPS) is 24.8. The molecular formula is C12H13FN2O2. The molecule has 1 fully saturated rings. The minimum absolute atomic E-state index is 0.278. The Morgan fingerprint density at radius 2 is 1.94 bits per heavy atom. The second-order valence-corrected chi connectivity index (χ2v) is 4.29. The standard InChI is InChI=1S/C12H13FN2O2/c13-10-2-8(4-14)1-9(3-10)5-15-6-11(16)12(17)7-15/h1-3,11-12,16-17H,5-7H2. The van der Waals surface area contributed by atoms with Crippen LogP contribution >= 0.6 is 0 Å². The summed E-state index contributed by atoms with van der Waals surface area (Å²) in [5.74, 6) is -0.445. The van der Waals surface area contributed by atoms with E-state index >= 15 is 0 Å². The monoisotopic (exact) mass is 236 g/mol. The summed E-state index contributed by atoms with van der Waals surface area (Å²) in [6, 6.07) is 6.04. The van der Waals surface area contributed by atoms with Crippen molar-refractivity contribution in [3.8, 4) is 6.07 Å². The van der Waals surface area contributed by atoms with Gasteiger partial charge in [0.05, 0.1) is 23.8 Å². The smallest absolute Gasteiger partial charge is 0.124 e. The molecule has 2 rings (SSSR count). The van der Waals surface area contributed by atoms with E-state index < -0.39 is 18.0 Å². The predicted molar refractivity (Wildman–Crippen MR) is 58.4 cm³/mol. The van der Waals surface area contributed by atoms with E-state index in [1.54, 1.807) is 6.07 Å². The van der Waals surface area contributed by atoms with Crippen molar-refractivity contribution in [2.75, 3.05) is 13.1 Å². The topological polar surface area (TPSA) is 67.5 Å². The number of halogens is 1. The molecule has 1 aromatic rings. The molecular weight excluding hydrogens is 223 g/mol. The zero-order valence-corrected chi connectivity index (χ0v) is 9.17. The van der Waals surface area contributed by atoms with Crippen LogP contribution in [0.3, 0.4) is 0 Å². The summed E-state index contributed by atoms with van der Waals surface area (Å²) in [5, 5.41) is 27.5. The van der Waals surface area contributed by atoms with E-state index in [9.17, 15) is 14.6 Å². The maximum absolute atomic E-state index is 13.2. The first kappa shape index (κ1) is 12.0. The molecule has 1 heterocycles. The van der Waals surface area contributed by atoms with Crippen LogP contribution < -0.4 is 0 Å². The molecule has 0 bridgehead atoms. The summed E-state index contributed by atoms with van der Waals surface area (Å²) >= 11 is 0. The number of hydrogen-bond donors (Lipinski definition) is 2. The van der Waals surface area contributed by atoms with Crippen molar-refractivity contribution >= 4 is 0 Å². The fraction of sp³-hybridized carbons (Fsp3) is 0.417. The van der Waals surface area contributed by atoms with Crippen LogP contribution in [-0.2, 0) is 6.54 Å². The molecule has 1 aliphatic rings. The quantitative estimate of drug-likeness (QED) is 0.771. The lowest BCUT2D eigenvalue weighted by Gasteiger charge is -2.14. The minimum atomic E-state index is -0.751. The van der Waals surface area contributed by atoms with Crippen LogP contribution in [0.1, 0.15) is 11.1 Å². The Morgan fingerprint density at radius 3 is 2.53 bits per heavy atom. The van der Waals surface area contributed by atoms with Crippen molar-refractivity contribution in [1.82, 2.24) is 4.90 Å². The summed E-state index contributed by atoms with van der Waals surface area (Å²) in [7, 11) is 0. The third kappa shape index (κ3) is 2.80. The van der Waals surface area contributed by atoms with Gasteiger partial charge in [-0.15, -0.1) is 0 Å². The second-order valence-electron chi connectivity index (χ2n) is 4.29. The maximum Gasteiger partial charge on any atom is 0.124 e. The first-order valence-corrected chi connectivity index (χ1v) is 5.36. The van der Waals surface area contributed by atoms with Gasteiger partial charge in [-0.3, -0.25) is 4.90 Å². The van der Waals surface area contributed by atoms with Gasteiger partial charge >= 0.3 is 0 Å². The molecule has 1 aliphatic heterocycles. The number of rotatable bonds is 2. The van der Waals surface area contributed by atoms with Gasteiger partial charge in [-0.05, 0) is 23.8 Å². The van der Waals surface area contributed by atoms with Crippen LogP contribution in [0.4, 0.5) is 4.39 Å². The highest BCUT2D eigenvalue weighted by Crippen LogP contribution is 2.16. The Bertz CT molecular complexity index is 448. The highest BCUT2D eigenvalue weighted by atomic mass is 19.1. The molecule has 5 heteroatoms. The number of hydrogen-bond acceptors (Lipinski definition) is 4. The number of likely N-dealkylation sites (tertiary alicyclic amines) is 1. The number of aliphatic hydroxyl groups is 2. The first-order valence-electron chi connectivity index (χ1n) is 5.36. The Morgan fingerprint density at radius 1 is 1.29 bits per heavy atom. The lowest BCUT2D eigenvalue weighted by molar-refractivity contribution is 0.0572. The molecule has 2 N–H and O–H groups in total. The van der Waals surface area contributed by atoms with Crippen molar-refractivity contribution in [3.63, 3.8) is 0 Å². The zero-order valence-electron chi connectivity index (χ0n) is 9.17. The molecule has 0 aromatic heterocycles. The summed E-state index contributed by atoms with van der Waals surface area (Å²) in [4.78, 5) is 1.82. The Labute approximate surface area is 98.5 Å². The summed E-state index contributed by atoms with van der Waals surface area (Å²) in [5.41, 5.74) is 0.947. The summed E-state index contributed by atoms with van der Waals surface area (Å²) in [6.45, 7) is 1.14. The SMILES string of the molecule is N#Cc1cc(F)cc(CN2CC(O)C(O)C2)c1. The molecule has 90 valence electrons. The number of β-amino-alcohol motifs (C(OH)–C–C–N with tert-alkyl or cyclic N) is 2. The molecule has 1 saturated heterocycles. The van der Waals surface area contributed by atoms with Crippen molar-refractivity contribution in [2.45, 2.75) is 18.8 Å². The van der Waals surface area contributed by atoms with Gasteiger partial charge in [-0.25, -0.2) is 4.39 Å². The molecule has 2 atom stereocenters. The minimum Gasteiger partial charge on any atom is -0.389 e. The fourth-order valence-corrected chi connectivity index (χ4v) is 2.04. The van der Waals surface area contributed by atoms with E-state index in [-0.39, 0.29) is 5.56 Å². The van der Waals surface area contributed by atoms with E-state index in [1.165, 1.54) is 12.1 Å². The van der Waals surface area contributed by atoms with Crippen LogP contribution in [0.2, 0.25) is 0 Å². The third-order valence-electron chi connectivity index (χ3n) is 2.83. The van der Waals surface area contributed by atoms with Gasteiger partial charge in [0.2, 0.25) is 0 Å². The number of nitriles is 1. The van der Waals surface area contributed by atoms with Gasteiger partial charge in [-0.1, -0.05) is 0 Å². The zero-order chi connectivity index (χ0) is 12.4. The average Bonchev–Trinajstić information content (AvgIpc) is 2.57. The number of benzene rings is 1. The predicted octanol–water partition coefficient (Wildman–Crippen LogP) is 0.235.